The van der Waals surface area contributed by atoms with Crippen LogP contribution in [-0.2, 0) is 0 Å². The largest absolute Gasteiger partial charge is 0.361 e. The first-order chi connectivity index (χ1) is 10.7. The van der Waals surface area contributed by atoms with Crippen LogP contribution < -0.4 is 16.1 Å². The molecule has 22 heavy (non-hydrogen) atoms. The van der Waals surface area contributed by atoms with Gasteiger partial charge >= 0.3 is 0 Å². The molecule has 1 aliphatic heterocycles. The molecule has 6 heteroatoms. The summed E-state index contributed by atoms with van der Waals surface area (Å²) in [5.74, 6) is -0.526. The quantitative estimate of drug-likeness (QED) is 0.371. The molecule has 2 aromatic carbocycles. The van der Waals surface area contributed by atoms with E-state index in [1.807, 2.05) is 24.4 Å². The molecule has 0 saturated carbocycles. The summed E-state index contributed by atoms with van der Waals surface area (Å²) in [4.78, 5) is 14.6. The molecule has 0 saturated heterocycles. The second kappa shape index (κ2) is 4.78. The number of nitrogens with one attached hydrogen (secondary N) is 4. The minimum absolute atomic E-state index is 0.0539. The van der Waals surface area contributed by atoms with Crippen LogP contribution in [0.2, 0.25) is 0 Å². The van der Waals surface area contributed by atoms with Crippen molar-refractivity contribution in [3.63, 3.8) is 0 Å². The van der Waals surface area contributed by atoms with E-state index in [-0.39, 0.29) is 6.17 Å². The molecule has 0 fully saturated rings. The number of aromatic amines is 1. The topological polar surface area (TPSA) is 89.2 Å². The normalized spacial score (nSPS) is 16.0. The molecule has 1 aromatic heterocycles. The Morgan fingerprint density at radius 1 is 1.05 bits per heavy atom. The van der Waals surface area contributed by atoms with Gasteiger partial charge in [-0.3, -0.25) is 10.0 Å². The van der Waals surface area contributed by atoms with Crippen molar-refractivity contribution in [3.05, 3.63) is 59.8 Å². The summed E-state index contributed by atoms with van der Waals surface area (Å²) in [6, 6.07) is 13.4. The number of hydrogen-bond acceptors (Lipinski definition) is 4. The Hall–Kier alpha value is -2.99. The van der Waals surface area contributed by atoms with Gasteiger partial charge in [0.05, 0.1) is 11.4 Å². The summed E-state index contributed by atoms with van der Waals surface area (Å²) < 4.78 is 0. The third kappa shape index (κ3) is 1.97. The van der Waals surface area contributed by atoms with Crippen molar-refractivity contribution in [3.8, 4) is 0 Å². The van der Waals surface area contributed by atoms with E-state index >= 15 is 0 Å². The van der Waals surface area contributed by atoms with Crippen molar-refractivity contribution in [2.45, 2.75) is 6.17 Å². The van der Waals surface area contributed by atoms with Crippen LogP contribution in [0.4, 0.5) is 11.4 Å². The third-order valence-corrected chi connectivity index (χ3v) is 3.89. The molecule has 2 heterocycles. The molecule has 0 radical (unpaired) electrons. The highest BCUT2D eigenvalue weighted by molar-refractivity contribution is 5.96. The van der Waals surface area contributed by atoms with E-state index in [4.69, 9.17) is 5.21 Å². The Labute approximate surface area is 126 Å². The number of benzene rings is 2. The summed E-state index contributed by atoms with van der Waals surface area (Å²) in [7, 11) is 0. The van der Waals surface area contributed by atoms with Gasteiger partial charge in [-0.2, -0.15) is 0 Å². The number of amides is 1. The van der Waals surface area contributed by atoms with E-state index in [9.17, 15) is 4.79 Å². The van der Waals surface area contributed by atoms with Gasteiger partial charge in [0.2, 0.25) is 0 Å². The number of rotatable bonds is 2. The molecule has 110 valence electrons. The van der Waals surface area contributed by atoms with Crippen LogP contribution in [0.15, 0.2) is 48.7 Å². The zero-order chi connectivity index (χ0) is 15.1. The van der Waals surface area contributed by atoms with Gasteiger partial charge in [0.1, 0.15) is 6.17 Å². The van der Waals surface area contributed by atoms with Crippen molar-refractivity contribution in [2.24, 2.45) is 0 Å². The maximum atomic E-state index is 11.5. The van der Waals surface area contributed by atoms with Crippen LogP contribution in [0.25, 0.3) is 10.9 Å². The predicted molar refractivity (Wildman–Crippen MR) is 84.0 cm³/mol. The monoisotopic (exact) mass is 294 g/mol. The molecule has 6 nitrogen and oxygen atoms in total. The number of H-pyrrole nitrogens is 1. The molecular weight excluding hydrogens is 280 g/mol. The highest BCUT2D eigenvalue weighted by Gasteiger charge is 2.22. The summed E-state index contributed by atoms with van der Waals surface area (Å²) in [6.07, 6.45) is 1.86. The number of carbonyl (C=O) groups is 1. The molecule has 0 spiro atoms. The fourth-order valence-electron chi connectivity index (χ4n) is 2.76. The summed E-state index contributed by atoms with van der Waals surface area (Å²) in [5.41, 5.74) is 6.01. The Balaban J connectivity index is 1.64. The molecule has 1 atom stereocenters. The van der Waals surface area contributed by atoms with Crippen molar-refractivity contribution in [2.75, 3.05) is 10.6 Å². The lowest BCUT2D eigenvalue weighted by Crippen LogP contribution is -2.18. The minimum atomic E-state index is -0.526. The van der Waals surface area contributed by atoms with Gasteiger partial charge in [-0.1, -0.05) is 6.07 Å². The standard InChI is InChI=1S/C16H14N4O2/c21-16(20-22)11-2-4-13-14(8-11)19-15(18-13)10-1-3-12-9(7-10)5-6-17-12/h1-8,15,17-19,22H,(H,20,21). The minimum Gasteiger partial charge on any atom is -0.361 e. The summed E-state index contributed by atoms with van der Waals surface area (Å²) >= 11 is 0. The fraction of sp³-hybridized carbons (Fsp3) is 0.0625. The highest BCUT2D eigenvalue weighted by Crippen LogP contribution is 2.36. The second-order valence-corrected chi connectivity index (χ2v) is 5.25. The van der Waals surface area contributed by atoms with Crippen LogP contribution in [0.5, 0.6) is 0 Å². The SMILES string of the molecule is O=C(NO)c1ccc2c(c1)NC(c1ccc3[nH]ccc3c1)N2. The number of anilines is 2. The smallest absolute Gasteiger partial charge is 0.274 e. The molecular formula is C16H14N4O2. The Morgan fingerprint density at radius 3 is 2.77 bits per heavy atom. The van der Waals surface area contributed by atoms with Gasteiger partial charge < -0.3 is 15.6 Å². The molecule has 5 N–H and O–H groups in total. The molecule has 1 amide bonds. The first kappa shape index (κ1) is 12.7. The predicted octanol–water partition coefficient (Wildman–Crippen LogP) is 2.82. The van der Waals surface area contributed by atoms with Gasteiger partial charge in [-0.05, 0) is 47.3 Å². The van der Waals surface area contributed by atoms with E-state index in [2.05, 4.69) is 27.8 Å². The van der Waals surface area contributed by atoms with Crippen LogP contribution in [0, 0.1) is 0 Å². The Bertz CT molecular complexity index is 871. The average Bonchev–Trinajstić information content (AvgIpc) is 3.18. The van der Waals surface area contributed by atoms with E-state index in [1.54, 1.807) is 17.6 Å². The van der Waals surface area contributed by atoms with Crippen molar-refractivity contribution < 1.29 is 10.0 Å². The zero-order valence-electron chi connectivity index (χ0n) is 11.6. The summed E-state index contributed by atoms with van der Waals surface area (Å²) in [5, 5.41) is 16.6. The lowest BCUT2D eigenvalue weighted by atomic mass is 10.1. The molecule has 1 aliphatic rings. The number of aromatic nitrogens is 1. The molecule has 4 rings (SSSR count). The van der Waals surface area contributed by atoms with Crippen LogP contribution in [0.3, 0.4) is 0 Å². The summed E-state index contributed by atoms with van der Waals surface area (Å²) in [6.45, 7) is 0. The Kier molecular flexibility index (Phi) is 2.77. The van der Waals surface area contributed by atoms with E-state index in [0.717, 1.165) is 27.8 Å². The number of hydroxylamine groups is 1. The van der Waals surface area contributed by atoms with E-state index in [0.29, 0.717) is 5.56 Å². The van der Waals surface area contributed by atoms with Gasteiger partial charge in [0.15, 0.2) is 0 Å². The molecule has 1 unspecified atom stereocenters. The van der Waals surface area contributed by atoms with E-state index in [1.165, 1.54) is 0 Å². The van der Waals surface area contributed by atoms with Gasteiger partial charge in [-0.25, -0.2) is 5.48 Å². The van der Waals surface area contributed by atoms with Gasteiger partial charge in [-0.15, -0.1) is 0 Å². The average molecular weight is 294 g/mol. The molecule has 3 aromatic rings. The van der Waals surface area contributed by atoms with Crippen LogP contribution in [-0.4, -0.2) is 16.1 Å². The first-order valence-corrected chi connectivity index (χ1v) is 6.93. The number of carbonyl (C=O) groups excluding carboxylic acids is 1. The maximum Gasteiger partial charge on any atom is 0.274 e. The van der Waals surface area contributed by atoms with Gasteiger partial charge in [0, 0.05) is 17.3 Å². The van der Waals surface area contributed by atoms with Gasteiger partial charge in [0.25, 0.3) is 5.91 Å². The molecule has 0 bridgehead atoms. The number of fused-ring (bicyclic) bond motifs is 2. The van der Waals surface area contributed by atoms with Crippen molar-refractivity contribution in [1.82, 2.24) is 10.5 Å². The third-order valence-electron chi connectivity index (χ3n) is 3.89. The Morgan fingerprint density at radius 2 is 1.91 bits per heavy atom. The second-order valence-electron chi connectivity index (χ2n) is 5.25. The van der Waals surface area contributed by atoms with Crippen molar-refractivity contribution >= 4 is 28.2 Å². The van der Waals surface area contributed by atoms with Crippen molar-refractivity contribution in [1.29, 1.82) is 0 Å². The fourth-order valence-corrected chi connectivity index (χ4v) is 2.76. The lowest BCUT2D eigenvalue weighted by molar-refractivity contribution is 0.0706. The highest BCUT2D eigenvalue weighted by atomic mass is 16.5. The van der Waals surface area contributed by atoms with Crippen LogP contribution in [0.1, 0.15) is 22.1 Å². The molecule has 0 aliphatic carbocycles. The maximum absolute atomic E-state index is 11.5. The zero-order valence-corrected chi connectivity index (χ0v) is 11.6. The first-order valence-electron chi connectivity index (χ1n) is 6.93. The number of hydrogen-bond donors (Lipinski definition) is 5. The van der Waals surface area contributed by atoms with Crippen LogP contribution >= 0.6 is 0 Å². The van der Waals surface area contributed by atoms with E-state index < -0.39 is 5.91 Å². The lowest BCUT2D eigenvalue weighted by Gasteiger charge is -2.12.